The molecule has 9 heteroatoms. The largest absolute Gasteiger partial charge is 0.352 e. The number of nitrogens with zero attached hydrogens (tertiary/aromatic N) is 5. The highest BCUT2D eigenvalue weighted by Gasteiger charge is 2.27. The lowest BCUT2D eigenvalue weighted by molar-refractivity contribution is -0.127. The van der Waals surface area contributed by atoms with Gasteiger partial charge in [-0.25, -0.2) is 4.98 Å². The van der Waals surface area contributed by atoms with Crippen molar-refractivity contribution in [2.45, 2.75) is 32.5 Å². The summed E-state index contributed by atoms with van der Waals surface area (Å²) in [4.78, 5) is 23.7. The maximum Gasteiger partial charge on any atom is 0.241 e. The van der Waals surface area contributed by atoms with E-state index in [1.54, 1.807) is 12.5 Å². The van der Waals surface area contributed by atoms with Gasteiger partial charge in [-0.2, -0.15) is 4.98 Å². The highest BCUT2D eigenvalue weighted by atomic mass is 35.5. The van der Waals surface area contributed by atoms with Crippen LogP contribution in [-0.2, 0) is 24.4 Å². The van der Waals surface area contributed by atoms with E-state index in [-0.39, 0.29) is 11.8 Å². The lowest BCUT2D eigenvalue weighted by Gasteiger charge is -2.30. The van der Waals surface area contributed by atoms with E-state index in [2.05, 4.69) is 37.5 Å². The Balaban J connectivity index is 1.13. The van der Waals surface area contributed by atoms with Crippen LogP contribution in [0.5, 0.6) is 0 Å². The fourth-order valence-corrected chi connectivity index (χ4v) is 4.62. The van der Waals surface area contributed by atoms with Crippen LogP contribution in [0.4, 0.5) is 0 Å². The molecule has 3 heterocycles. The van der Waals surface area contributed by atoms with Gasteiger partial charge in [0, 0.05) is 42.6 Å². The molecule has 35 heavy (non-hydrogen) atoms. The molecule has 1 fully saturated rings. The Morgan fingerprint density at radius 1 is 1.14 bits per heavy atom. The van der Waals surface area contributed by atoms with E-state index >= 15 is 0 Å². The van der Waals surface area contributed by atoms with E-state index < -0.39 is 0 Å². The van der Waals surface area contributed by atoms with E-state index in [1.165, 1.54) is 5.56 Å². The molecule has 1 saturated heterocycles. The van der Waals surface area contributed by atoms with Crippen molar-refractivity contribution in [1.29, 1.82) is 0 Å². The summed E-state index contributed by atoms with van der Waals surface area (Å²) < 4.78 is 7.48. The van der Waals surface area contributed by atoms with Gasteiger partial charge in [-0.3, -0.25) is 9.69 Å². The second-order valence-electron chi connectivity index (χ2n) is 8.87. The van der Waals surface area contributed by atoms with Crippen molar-refractivity contribution < 1.29 is 9.32 Å². The number of hydrogen-bond acceptors (Lipinski definition) is 6. The summed E-state index contributed by atoms with van der Waals surface area (Å²) in [5.74, 6) is 1.08. The quantitative estimate of drug-likeness (QED) is 0.399. The Bertz CT molecular complexity index is 1270. The molecule has 1 atom stereocenters. The number of imidazole rings is 1. The van der Waals surface area contributed by atoms with Gasteiger partial charge in [-0.1, -0.05) is 53.2 Å². The molecule has 0 saturated carbocycles. The summed E-state index contributed by atoms with van der Waals surface area (Å²) in [6, 6.07) is 15.6. The first kappa shape index (κ1) is 23.3. The van der Waals surface area contributed by atoms with Crippen LogP contribution in [0.25, 0.3) is 11.4 Å². The third kappa shape index (κ3) is 6.15. The third-order valence-corrected chi connectivity index (χ3v) is 6.40. The van der Waals surface area contributed by atoms with Crippen LogP contribution < -0.4 is 5.32 Å². The normalized spacial score (nSPS) is 16.3. The molecule has 1 unspecified atom stereocenters. The van der Waals surface area contributed by atoms with Gasteiger partial charge in [-0.05, 0) is 42.6 Å². The lowest BCUT2D eigenvalue weighted by atomic mass is 9.97. The van der Waals surface area contributed by atoms with Crippen molar-refractivity contribution in [2.75, 3.05) is 13.1 Å². The first-order chi connectivity index (χ1) is 17.1. The molecular formula is C26H27ClN6O2. The van der Waals surface area contributed by atoms with Crippen molar-refractivity contribution in [2.24, 2.45) is 5.92 Å². The molecule has 4 aromatic rings. The average Bonchev–Trinajstić information content (AvgIpc) is 3.55. The lowest BCUT2D eigenvalue weighted by Crippen LogP contribution is -2.42. The fourth-order valence-electron chi connectivity index (χ4n) is 4.43. The van der Waals surface area contributed by atoms with Crippen molar-refractivity contribution in [3.8, 4) is 11.4 Å². The summed E-state index contributed by atoms with van der Waals surface area (Å²) >= 11 is 6.07. The van der Waals surface area contributed by atoms with E-state index in [9.17, 15) is 4.79 Å². The minimum atomic E-state index is -0.0618. The predicted molar refractivity (Wildman–Crippen MR) is 132 cm³/mol. The number of carbonyl (C=O) groups excluding carboxylic acids is 1. The zero-order valence-corrected chi connectivity index (χ0v) is 20.1. The van der Waals surface area contributed by atoms with Gasteiger partial charge >= 0.3 is 0 Å². The second kappa shape index (κ2) is 10.8. The summed E-state index contributed by atoms with van der Waals surface area (Å²) in [6.07, 6.45) is 7.34. The summed E-state index contributed by atoms with van der Waals surface area (Å²) in [5, 5.41) is 7.83. The highest BCUT2D eigenvalue weighted by molar-refractivity contribution is 6.30. The molecule has 1 N–H and O–H groups in total. The first-order valence-corrected chi connectivity index (χ1v) is 12.1. The second-order valence-corrected chi connectivity index (χ2v) is 9.31. The van der Waals surface area contributed by atoms with Crippen molar-refractivity contribution in [1.82, 2.24) is 29.9 Å². The van der Waals surface area contributed by atoms with Gasteiger partial charge in [0.1, 0.15) is 0 Å². The maximum absolute atomic E-state index is 12.9. The van der Waals surface area contributed by atoms with Gasteiger partial charge in [0.25, 0.3) is 0 Å². The van der Waals surface area contributed by atoms with Crippen LogP contribution in [0, 0.1) is 5.92 Å². The number of piperidine rings is 1. The van der Waals surface area contributed by atoms with Crippen molar-refractivity contribution in [3.63, 3.8) is 0 Å². The molecular weight excluding hydrogens is 464 g/mol. The zero-order valence-electron chi connectivity index (χ0n) is 19.3. The van der Waals surface area contributed by atoms with Crippen LogP contribution in [0.3, 0.4) is 0 Å². The number of amides is 1. The van der Waals surface area contributed by atoms with Gasteiger partial charge in [0.2, 0.25) is 17.6 Å². The smallest absolute Gasteiger partial charge is 0.241 e. The number of rotatable bonds is 8. The molecule has 1 aliphatic heterocycles. The molecule has 0 aliphatic carbocycles. The minimum Gasteiger partial charge on any atom is -0.352 e. The van der Waals surface area contributed by atoms with Crippen LogP contribution in [0.15, 0.2) is 71.8 Å². The molecule has 0 spiro atoms. The molecule has 2 aromatic carbocycles. The zero-order chi connectivity index (χ0) is 24.0. The Kier molecular flexibility index (Phi) is 7.20. The molecule has 2 aromatic heterocycles. The molecule has 5 rings (SSSR count). The van der Waals surface area contributed by atoms with Crippen molar-refractivity contribution >= 4 is 17.5 Å². The minimum absolute atomic E-state index is 0.0618. The predicted octanol–water partition coefficient (Wildman–Crippen LogP) is 4.16. The Morgan fingerprint density at radius 2 is 2.03 bits per heavy atom. The number of carbonyl (C=O) groups is 1. The Labute approximate surface area is 208 Å². The first-order valence-electron chi connectivity index (χ1n) is 11.7. The van der Waals surface area contributed by atoms with Crippen molar-refractivity contribution in [3.05, 3.63) is 89.3 Å². The molecule has 1 amide bonds. The Morgan fingerprint density at radius 3 is 2.89 bits per heavy atom. The molecule has 0 radical (unpaired) electrons. The van der Waals surface area contributed by atoms with Crippen LogP contribution in [0.1, 0.15) is 29.9 Å². The van der Waals surface area contributed by atoms with Gasteiger partial charge in [0.15, 0.2) is 0 Å². The molecule has 180 valence electrons. The van der Waals surface area contributed by atoms with Crippen LogP contribution in [0.2, 0.25) is 5.02 Å². The van der Waals surface area contributed by atoms with Crippen LogP contribution >= 0.6 is 11.6 Å². The Hall–Kier alpha value is -3.49. The van der Waals surface area contributed by atoms with E-state index in [4.69, 9.17) is 16.1 Å². The number of aromatic nitrogens is 4. The van der Waals surface area contributed by atoms with Gasteiger partial charge in [0.05, 0.1) is 18.8 Å². The van der Waals surface area contributed by atoms with E-state index in [1.807, 2.05) is 47.2 Å². The number of halogens is 1. The van der Waals surface area contributed by atoms with Gasteiger partial charge < -0.3 is 14.4 Å². The number of hydrogen-bond donors (Lipinski definition) is 1. The fraction of sp³-hybridized carbons (Fsp3) is 0.308. The maximum atomic E-state index is 12.9. The molecule has 8 nitrogen and oxygen atoms in total. The molecule has 0 bridgehead atoms. The SMILES string of the molecule is O=C(NCc1cccc(Cn2ccnc2)c1)C1CCCN(Cc2nc(-c3cccc(Cl)c3)no2)C1. The summed E-state index contributed by atoms with van der Waals surface area (Å²) in [7, 11) is 0. The number of likely N-dealkylation sites (tertiary alicyclic amines) is 1. The van der Waals surface area contributed by atoms with E-state index in [0.29, 0.717) is 36.4 Å². The van der Waals surface area contributed by atoms with Crippen LogP contribution in [-0.4, -0.2) is 43.6 Å². The topological polar surface area (TPSA) is 89.1 Å². The summed E-state index contributed by atoms with van der Waals surface area (Å²) in [5.41, 5.74) is 3.08. The number of nitrogens with one attached hydrogen (secondary N) is 1. The monoisotopic (exact) mass is 490 g/mol. The molecule has 1 aliphatic rings. The standard InChI is InChI=1S/C26H27ClN6O2/c27-23-8-2-6-21(13-23)25-30-24(35-31-25)17-32-10-3-7-22(16-32)26(34)29-14-19-4-1-5-20(12-19)15-33-11-9-28-18-33/h1-2,4-6,8-9,11-13,18,22H,3,7,10,14-17H2,(H,29,34). The number of benzene rings is 2. The average molecular weight is 491 g/mol. The summed E-state index contributed by atoms with van der Waals surface area (Å²) in [6.45, 7) is 3.36. The third-order valence-electron chi connectivity index (χ3n) is 6.17. The van der Waals surface area contributed by atoms with Gasteiger partial charge in [-0.15, -0.1) is 0 Å². The highest BCUT2D eigenvalue weighted by Crippen LogP contribution is 2.22. The van der Waals surface area contributed by atoms with E-state index in [0.717, 1.165) is 37.1 Å².